The monoisotopic (exact) mass is 271 g/mol. The van der Waals surface area contributed by atoms with Crippen molar-refractivity contribution in [2.24, 2.45) is 0 Å². The first-order valence-electron chi connectivity index (χ1n) is 6.43. The summed E-state index contributed by atoms with van der Waals surface area (Å²) in [5.41, 5.74) is 2.44. The van der Waals surface area contributed by atoms with Crippen LogP contribution in [0.15, 0.2) is 18.5 Å². The van der Waals surface area contributed by atoms with Gasteiger partial charge in [0.05, 0.1) is 22.7 Å². The van der Waals surface area contributed by atoms with E-state index in [1.807, 2.05) is 12.1 Å². The Morgan fingerprint density at radius 1 is 1.32 bits per heavy atom. The van der Waals surface area contributed by atoms with Gasteiger partial charge in [0.2, 0.25) is 0 Å². The van der Waals surface area contributed by atoms with Gasteiger partial charge in [0.25, 0.3) is 0 Å². The molecule has 1 aromatic heterocycles. The molecule has 0 N–H and O–H groups in total. The molecule has 19 heavy (non-hydrogen) atoms. The fraction of sp³-hybridized carbons (Fsp3) is 0.400. The molecule has 3 rings (SSSR count). The maximum Gasteiger partial charge on any atom is 0.116 e. The van der Waals surface area contributed by atoms with E-state index in [1.165, 1.54) is 0 Å². The van der Waals surface area contributed by atoms with Crippen LogP contribution in [0.2, 0.25) is 5.02 Å². The van der Waals surface area contributed by atoms with Crippen LogP contribution in [-0.2, 0) is 5.41 Å². The normalized spacial score (nSPS) is 16.6. The van der Waals surface area contributed by atoms with Crippen LogP contribution < -0.4 is 0 Å². The van der Waals surface area contributed by atoms with Crippen molar-refractivity contribution in [1.82, 2.24) is 9.97 Å². The molecule has 1 saturated carbocycles. The number of benzene rings is 1. The number of aromatic nitrogens is 2. The van der Waals surface area contributed by atoms with Crippen molar-refractivity contribution in [2.75, 3.05) is 0 Å². The Bertz CT molecular complexity index is 696. The molecule has 4 heteroatoms. The van der Waals surface area contributed by atoms with Crippen LogP contribution in [0.4, 0.5) is 0 Å². The molecule has 3 nitrogen and oxygen atoms in total. The Morgan fingerprint density at radius 2 is 2.05 bits per heavy atom. The molecular weight excluding hydrogens is 258 g/mol. The number of nitrogens with zero attached hydrogens (tertiary/aromatic N) is 3. The first kappa shape index (κ1) is 12.4. The molecular formula is C15H14ClN3. The number of hydrogen-bond acceptors (Lipinski definition) is 3. The van der Waals surface area contributed by atoms with Gasteiger partial charge in [-0.05, 0) is 30.9 Å². The van der Waals surface area contributed by atoms with E-state index in [9.17, 15) is 5.26 Å². The van der Waals surface area contributed by atoms with E-state index >= 15 is 0 Å². The standard InChI is InChI=1S/C15H14ClN3/c1-9(2)13-11-5-10(16)6-12(14(11)19-8-18-13)15(7-17)3-4-15/h5-6,8-9H,3-4H2,1-2H3. The lowest BCUT2D eigenvalue weighted by Crippen LogP contribution is -2.06. The molecule has 0 amide bonds. The Morgan fingerprint density at radius 3 is 2.63 bits per heavy atom. The van der Waals surface area contributed by atoms with Gasteiger partial charge in [0.1, 0.15) is 6.33 Å². The predicted molar refractivity (Wildman–Crippen MR) is 75.2 cm³/mol. The minimum absolute atomic E-state index is 0.300. The zero-order chi connectivity index (χ0) is 13.6. The summed E-state index contributed by atoms with van der Waals surface area (Å²) in [4.78, 5) is 8.76. The number of nitriles is 1. The largest absolute Gasteiger partial charge is 0.240 e. The van der Waals surface area contributed by atoms with Crippen LogP contribution in [0.25, 0.3) is 10.9 Å². The zero-order valence-corrected chi connectivity index (χ0v) is 11.7. The van der Waals surface area contributed by atoms with Crippen LogP contribution in [0, 0.1) is 11.3 Å². The van der Waals surface area contributed by atoms with Gasteiger partial charge in [-0.25, -0.2) is 9.97 Å². The summed E-state index contributed by atoms with van der Waals surface area (Å²) in [6.45, 7) is 4.19. The van der Waals surface area contributed by atoms with Gasteiger partial charge in [-0.15, -0.1) is 0 Å². The second-order valence-corrected chi connectivity index (χ2v) is 5.89. The molecule has 0 atom stereocenters. The quantitative estimate of drug-likeness (QED) is 0.831. The fourth-order valence-electron chi connectivity index (χ4n) is 2.54. The number of fused-ring (bicyclic) bond motifs is 1. The maximum absolute atomic E-state index is 9.40. The Kier molecular flexibility index (Phi) is 2.72. The van der Waals surface area contributed by atoms with Gasteiger partial charge in [-0.3, -0.25) is 0 Å². The third-order valence-corrected chi connectivity index (χ3v) is 3.98. The molecule has 1 heterocycles. The highest BCUT2D eigenvalue weighted by Crippen LogP contribution is 2.50. The predicted octanol–water partition coefficient (Wildman–Crippen LogP) is 3.96. The van der Waals surface area contributed by atoms with E-state index in [-0.39, 0.29) is 5.41 Å². The number of rotatable bonds is 2. The summed E-state index contributed by atoms with van der Waals surface area (Å²) in [6, 6.07) is 6.21. The second-order valence-electron chi connectivity index (χ2n) is 5.46. The number of hydrogen-bond donors (Lipinski definition) is 0. The third kappa shape index (κ3) is 1.87. The lowest BCUT2D eigenvalue weighted by atomic mass is 9.93. The smallest absolute Gasteiger partial charge is 0.116 e. The molecule has 96 valence electrons. The first-order valence-corrected chi connectivity index (χ1v) is 6.81. The van der Waals surface area contributed by atoms with E-state index < -0.39 is 0 Å². The molecule has 1 aliphatic carbocycles. The van der Waals surface area contributed by atoms with Gasteiger partial charge in [-0.2, -0.15) is 5.26 Å². The van der Waals surface area contributed by atoms with Crippen molar-refractivity contribution in [1.29, 1.82) is 5.26 Å². The highest BCUT2D eigenvalue weighted by molar-refractivity contribution is 6.31. The summed E-state index contributed by atoms with van der Waals surface area (Å²) in [5, 5.41) is 11.0. The Balaban J connectivity index is 2.36. The average Bonchev–Trinajstić information content (AvgIpc) is 3.17. The van der Waals surface area contributed by atoms with Gasteiger partial charge >= 0.3 is 0 Å². The Labute approximate surface area is 117 Å². The zero-order valence-electron chi connectivity index (χ0n) is 10.9. The van der Waals surface area contributed by atoms with E-state index in [2.05, 4.69) is 29.9 Å². The van der Waals surface area contributed by atoms with Crippen molar-refractivity contribution >= 4 is 22.5 Å². The SMILES string of the molecule is CC(C)c1ncnc2c(C3(C#N)CC3)cc(Cl)cc12. The minimum atomic E-state index is -0.383. The molecule has 0 bridgehead atoms. The van der Waals surface area contributed by atoms with Gasteiger partial charge in [0, 0.05) is 16.0 Å². The number of halogens is 1. The molecule has 1 aliphatic rings. The molecule has 1 aromatic carbocycles. The van der Waals surface area contributed by atoms with Crippen LogP contribution in [0.1, 0.15) is 43.9 Å². The molecule has 0 radical (unpaired) electrons. The van der Waals surface area contributed by atoms with E-state index in [1.54, 1.807) is 6.33 Å². The molecule has 2 aromatic rings. The summed E-state index contributed by atoms with van der Waals surface area (Å²) in [6.07, 6.45) is 3.36. The molecule has 0 spiro atoms. The van der Waals surface area contributed by atoms with Gasteiger partial charge < -0.3 is 0 Å². The molecule has 1 fully saturated rings. The van der Waals surface area contributed by atoms with Crippen molar-refractivity contribution in [3.8, 4) is 6.07 Å². The third-order valence-electron chi connectivity index (χ3n) is 3.76. The first-order chi connectivity index (χ1) is 9.07. The summed E-state index contributed by atoms with van der Waals surface area (Å²) >= 11 is 6.23. The van der Waals surface area contributed by atoms with Gasteiger partial charge in [-0.1, -0.05) is 25.4 Å². The summed E-state index contributed by atoms with van der Waals surface area (Å²) in [7, 11) is 0. The minimum Gasteiger partial charge on any atom is -0.240 e. The van der Waals surface area contributed by atoms with Crippen LogP contribution in [0.3, 0.4) is 0 Å². The topological polar surface area (TPSA) is 49.6 Å². The average molecular weight is 272 g/mol. The second kappa shape index (κ2) is 4.18. The van der Waals surface area contributed by atoms with Crippen molar-refractivity contribution in [2.45, 2.75) is 38.0 Å². The van der Waals surface area contributed by atoms with E-state index in [0.717, 1.165) is 35.0 Å². The van der Waals surface area contributed by atoms with Gasteiger partial charge in [0.15, 0.2) is 0 Å². The molecule has 0 aliphatic heterocycles. The summed E-state index contributed by atoms with van der Waals surface area (Å²) in [5.74, 6) is 0.300. The van der Waals surface area contributed by atoms with Crippen LogP contribution >= 0.6 is 11.6 Å². The highest BCUT2D eigenvalue weighted by Gasteiger charge is 2.46. The van der Waals surface area contributed by atoms with Crippen molar-refractivity contribution < 1.29 is 0 Å². The lowest BCUT2D eigenvalue weighted by Gasteiger charge is -2.14. The Hall–Kier alpha value is -1.66. The highest BCUT2D eigenvalue weighted by atomic mass is 35.5. The van der Waals surface area contributed by atoms with Crippen molar-refractivity contribution in [3.63, 3.8) is 0 Å². The fourth-order valence-corrected chi connectivity index (χ4v) is 2.76. The van der Waals surface area contributed by atoms with Crippen LogP contribution in [-0.4, -0.2) is 9.97 Å². The van der Waals surface area contributed by atoms with E-state index in [0.29, 0.717) is 10.9 Å². The van der Waals surface area contributed by atoms with E-state index in [4.69, 9.17) is 11.6 Å². The maximum atomic E-state index is 9.40. The lowest BCUT2D eigenvalue weighted by molar-refractivity contribution is 0.826. The summed E-state index contributed by atoms with van der Waals surface area (Å²) < 4.78 is 0. The van der Waals surface area contributed by atoms with Crippen LogP contribution in [0.5, 0.6) is 0 Å². The molecule has 0 unspecified atom stereocenters. The van der Waals surface area contributed by atoms with Crippen molar-refractivity contribution in [3.05, 3.63) is 34.7 Å². The molecule has 0 saturated heterocycles.